The number of benzene rings is 2. The molecule has 154 valence electrons. The van der Waals surface area contributed by atoms with E-state index in [4.69, 9.17) is 4.74 Å². The van der Waals surface area contributed by atoms with Gasteiger partial charge in [-0.1, -0.05) is 63.0 Å². The van der Waals surface area contributed by atoms with E-state index >= 15 is 0 Å². The van der Waals surface area contributed by atoms with Crippen LogP contribution >= 0.6 is 0 Å². The number of carbonyl (C=O) groups is 1. The van der Waals surface area contributed by atoms with Crippen molar-refractivity contribution in [3.8, 4) is 11.1 Å². The van der Waals surface area contributed by atoms with Crippen LogP contribution in [0.4, 0.5) is 5.82 Å². The number of hydrogen-bond acceptors (Lipinski definition) is 3. The Morgan fingerprint density at radius 1 is 1.10 bits per heavy atom. The van der Waals surface area contributed by atoms with Gasteiger partial charge in [0.15, 0.2) is 5.82 Å². The lowest BCUT2D eigenvalue weighted by atomic mass is 10.0. The van der Waals surface area contributed by atoms with Gasteiger partial charge in [0, 0.05) is 26.5 Å². The maximum Gasteiger partial charge on any atom is 0.225 e. The van der Waals surface area contributed by atoms with E-state index in [0.717, 1.165) is 41.1 Å². The van der Waals surface area contributed by atoms with Crippen LogP contribution in [-0.4, -0.2) is 30.4 Å². The molecular weight excluding hydrogens is 378 g/mol. The van der Waals surface area contributed by atoms with Crippen molar-refractivity contribution < 1.29 is 9.53 Å². The minimum absolute atomic E-state index is 0.00848. The van der Waals surface area contributed by atoms with Crippen molar-refractivity contribution >= 4 is 30.7 Å². The van der Waals surface area contributed by atoms with E-state index in [1.807, 2.05) is 35.9 Å². The Labute approximate surface area is 174 Å². The number of hydrogen-bond donors (Lipinski definition) is 1. The van der Waals surface area contributed by atoms with E-state index in [1.54, 1.807) is 0 Å². The van der Waals surface area contributed by atoms with Crippen LogP contribution in [0.2, 0.25) is 25.7 Å². The van der Waals surface area contributed by atoms with Crippen molar-refractivity contribution in [3.05, 3.63) is 48.5 Å². The number of carbonyl (C=O) groups excluding carboxylic acids is 1. The summed E-state index contributed by atoms with van der Waals surface area (Å²) in [5.74, 6) is 0.595. The predicted octanol–water partition coefficient (Wildman–Crippen LogP) is 5.75. The fourth-order valence-electron chi connectivity index (χ4n) is 3.13. The lowest BCUT2D eigenvalue weighted by Crippen LogP contribution is -2.22. The van der Waals surface area contributed by atoms with Crippen LogP contribution in [0.15, 0.2) is 48.5 Å². The zero-order valence-electron chi connectivity index (χ0n) is 17.9. The summed E-state index contributed by atoms with van der Waals surface area (Å²) in [6.45, 7) is 10.1. The fraction of sp³-hybridized carbons (Fsp3) is 0.391. The zero-order valence-corrected chi connectivity index (χ0v) is 18.9. The SMILES string of the molecule is CCCC(=O)Nc1nn(COCC[Si](C)(C)C)c2cc(-c3ccccc3)ccc12. The lowest BCUT2D eigenvalue weighted by molar-refractivity contribution is -0.116. The van der Waals surface area contributed by atoms with E-state index in [9.17, 15) is 4.79 Å². The quantitative estimate of drug-likeness (QED) is 0.361. The first-order valence-corrected chi connectivity index (χ1v) is 14.0. The van der Waals surface area contributed by atoms with Gasteiger partial charge in [0.25, 0.3) is 0 Å². The molecule has 0 aliphatic carbocycles. The third-order valence-corrected chi connectivity index (χ3v) is 6.51. The molecule has 29 heavy (non-hydrogen) atoms. The second-order valence-electron chi connectivity index (χ2n) is 8.59. The molecule has 1 aromatic heterocycles. The molecule has 0 saturated carbocycles. The number of amides is 1. The summed E-state index contributed by atoms with van der Waals surface area (Å²) in [6.07, 6.45) is 1.30. The van der Waals surface area contributed by atoms with Gasteiger partial charge in [-0.2, -0.15) is 5.10 Å². The number of ether oxygens (including phenoxy) is 1. The Balaban J connectivity index is 1.90. The third kappa shape index (κ3) is 5.77. The molecule has 0 radical (unpaired) electrons. The van der Waals surface area contributed by atoms with E-state index in [2.05, 4.69) is 54.3 Å². The third-order valence-electron chi connectivity index (χ3n) is 4.80. The van der Waals surface area contributed by atoms with Crippen LogP contribution in [0.3, 0.4) is 0 Å². The first-order chi connectivity index (χ1) is 13.9. The van der Waals surface area contributed by atoms with Gasteiger partial charge in [-0.3, -0.25) is 4.79 Å². The smallest absolute Gasteiger partial charge is 0.225 e. The molecule has 3 rings (SSSR count). The molecular formula is C23H31N3O2Si. The molecule has 0 saturated heterocycles. The number of nitrogens with one attached hydrogen (secondary N) is 1. The van der Waals surface area contributed by atoms with E-state index in [-0.39, 0.29) is 5.91 Å². The summed E-state index contributed by atoms with van der Waals surface area (Å²) in [4.78, 5) is 12.1. The van der Waals surface area contributed by atoms with Gasteiger partial charge in [-0.25, -0.2) is 4.68 Å². The number of anilines is 1. The van der Waals surface area contributed by atoms with Crippen molar-refractivity contribution in [2.45, 2.75) is 52.2 Å². The van der Waals surface area contributed by atoms with Gasteiger partial charge in [0.2, 0.25) is 5.91 Å². The Morgan fingerprint density at radius 3 is 2.55 bits per heavy atom. The van der Waals surface area contributed by atoms with Crippen LogP contribution in [-0.2, 0) is 16.3 Å². The highest BCUT2D eigenvalue weighted by Crippen LogP contribution is 2.29. The largest absolute Gasteiger partial charge is 0.360 e. The number of nitrogens with zero attached hydrogens (tertiary/aromatic N) is 2. The second-order valence-corrected chi connectivity index (χ2v) is 14.2. The van der Waals surface area contributed by atoms with Crippen molar-refractivity contribution in [2.24, 2.45) is 0 Å². The maximum absolute atomic E-state index is 12.1. The molecule has 0 spiro atoms. The molecule has 0 atom stereocenters. The van der Waals surface area contributed by atoms with Crippen LogP contribution in [0, 0.1) is 0 Å². The highest BCUT2D eigenvalue weighted by Gasteiger charge is 2.15. The van der Waals surface area contributed by atoms with Crippen molar-refractivity contribution in [3.63, 3.8) is 0 Å². The van der Waals surface area contributed by atoms with Crippen molar-refractivity contribution in [1.82, 2.24) is 9.78 Å². The number of fused-ring (bicyclic) bond motifs is 1. The molecule has 0 bridgehead atoms. The van der Waals surface area contributed by atoms with Crippen molar-refractivity contribution in [2.75, 3.05) is 11.9 Å². The molecule has 5 nitrogen and oxygen atoms in total. The predicted molar refractivity (Wildman–Crippen MR) is 123 cm³/mol. The molecule has 6 heteroatoms. The molecule has 2 aromatic carbocycles. The Hall–Kier alpha value is -2.44. The molecule has 1 heterocycles. The zero-order chi connectivity index (χ0) is 20.9. The molecule has 0 aliphatic rings. The Bertz CT molecular complexity index is 961. The summed E-state index contributed by atoms with van der Waals surface area (Å²) in [7, 11) is -1.14. The van der Waals surface area contributed by atoms with Crippen LogP contribution in [0.5, 0.6) is 0 Å². The normalized spacial score (nSPS) is 11.7. The second kappa shape index (κ2) is 9.37. The van der Waals surface area contributed by atoms with E-state index < -0.39 is 8.07 Å². The first kappa shape index (κ1) is 21.3. The average Bonchev–Trinajstić information content (AvgIpc) is 3.02. The van der Waals surface area contributed by atoms with Gasteiger partial charge in [-0.15, -0.1) is 0 Å². The maximum atomic E-state index is 12.1. The summed E-state index contributed by atoms with van der Waals surface area (Å²) < 4.78 is 7.79. The summed E-state index contributed by atoms with van der Waals surface area (Å²) in [5, 5.41) is 8.55. The summed E-state index contributed by atoms with van der Waals surface area (Å²) in [5.41, 5.74) is 3.23. The lowest BCUT2D eigenvalue weighted by Gasteiger charge is -2.15. The molecule has 1 amide bonds. The van der Waals surface area contributed by atoms with E-state index in [0.29, 0.717) is 19.0 Å². The van der Waals surface area contributed by atoms with Crippen molar-refractivity contribution in [1.29, 1.82) is 0 Å². The molecule has 0 fully saturated rings. The van der Waals surface area contributed by atoms with E-state index in [1.165, 1.54) is 0 Å². The van der Waals surface area contributed by atoms with Gasteiger partial charge in [0.05, 0.1) is 5.52 Å². The standard InChI is InChI=1S/C23H31N3O2Si/c1-5-9-22(27)24-23-20-13-12-19(18-10-7-6-8-11-18)16-21(20)26(25-23)17-28-14-15-29(2,3)4/h6-8,10-13,16H,5,9,14-15,17H2,1-4H3,(H,24,25,27). The fourth-order valence-corrected chi connectivity index (χ4v) is 3.88. The topological polar surface area (TPSA) is 56.2 Å². The first-order valence-electron chi connectivity index (χ1n) is 10.3. The number of aromatic nitrogens is 2. The minimum Gasteiger partial charge on any atom is -0.360 e. The number of rotatable bonds is 9. The highest BCUT2D eigenvalue weighted by atomic mass is 28.3. The van der Waals surface area contributed by atoms with Crippen LogP contribution in [0.25, 0.3) is 22.0 Å². The Morgan fingerprint density at radius 2 is 1.86 bits per heavy atom. The minimum atomic E-state index is -1.14. The Kier molecular flexibility index (Phi) is 6.87. The molecule has 1 N–H and O–H groups in total. The van der Waals surface area contributed by atoms with Gasteiger partial charge >= 0.3 is 0 Å². The average molecular weight is 410 g/mol. The van der Waals surface area contributed by atoms with Gasteiger partial charge < -0.3 is 10.1 Å². The van der Waals surface area contributed by atoms with Crippen LogP contribution in [0.1, 0.15) is 19.8 Å². The van der Waals surface area contributed by atoms with Gasteiger partial charge in [-0.05, 0) is 35.7 Å². The summed E-state index contributed by atoms with van der Waals surface area (Å²) >= 11 is 0. The molecule has 3 aromatic rings. The monoisotopic (exact) mass is 409 g/mol. The molecule has 0 aliphatic heterocycles. The van der Waals surface area contributed by atoms with Crippen LogP contribution < -0.4 is 5.32 Å². The van der Waals surface area contributed by atoms with Gasteiger partial charge in [0.1, 0.15) is 6.73 Å². The molecule has 0 unspecified atom stereocenters. The highest BCUT2D eigenvalue weighted by molar-refractivity contribution is 6.76. The summed E-state index contributed by atoms with van der Waals surface area (Å²) in [6, 6.07) is 17.6.